The van der Waals surface area contributed by atoms with Crippen molar-refractivity contribution in [2.45, 2.75) is 36.6 Å². The third kappa shape index (κ3) is 2.10. The zero-order valence-electron chi connectivity index (χ0n) is 8.40. The van der Waals surface area contributed by atoms with Gasteiger partial charge in [0, 0.05) is 12.3 Å². The van der Waals surface area contributed by atoms with Gasteiger partial charge in [0.25, 0.3) is 0 Å². The summed E-state index contributed by atoms with van der Waals surface area (Å²) in [6.45, 7) is 1.46. The predicted octanol–water partition coefficient (Wildman–Crippen LogP) is -0.0595. The molecule has 0 aromatic rings. The lowest BCUT2D eigenvalue weighted by Gasteiger charge is -2.31. The first-order chi connectivity index (χ1) is 6.57. The molecular formula is C9H17NO3S. The number of sulfone groups is 1. The zero-order chi connectivity index (χ0) is 10.2. The molecule has 82 valence electrons. The van der Waals surface area contributed by atoms with Gasteiger partial charge in [-0.1, -0.05) is 6.42 Å². The Balaban J connectivity index is 1.96. The fourth-order valence-corrected chi connectivity index (χ4v) is 3.67. The van der Waals surface area contributed by atoms with Gasteiger partial charge in [0.1, 0.15) is 0 Å². The summed E-state index contributed by atoms with van der Waals surface area (Å²) in [6, 6.07) is 0.529. The monoisotopic (exact) mass is 219 g/mol. The highest BCUT2D eigenvalue weighted by molar-refractivity contribution is 7.91. The lowest BCUT2D eigenvalue weighted by Crippen LogP contribution is -2.53. The Hall–Kier alpha value is -0.130. The van der Waals surface area contributed by atoms with E-state index in [0.29, 0.717) is 6.04 Å². The molecule has 0 bridgehead atoms. The predicted molar refractivity (Wildman–Crippen MR) is 54.0 cm³/mol. The molecule has 2 aliphatic rings. The van der Waals surface area contributed by atoms with E-state index in [2.05, 4.69) is 5.32 Å². The third-order valence-electron chi connectivity index (χ3n) is 3.09. The second-order valence-electron chi connectivity index (χ2n) is 4.31. The molecule has 1 heterocycles. The van der Waals surface area contributed by atoms with Crippen LogP contribution in [-0.2, 0) is 14.6 Å². The van der Waals surface area contributed by atoms with Crippen LogP contribution < -0.4 is 5.32 Å². The minimum absolute atomic E-state index is 0.152. The molecule has 0 aromatic carbocycles. The van der Waals surface area contributed by atoms with Gasteiger partial charge >= 0.3 is 0 Å². The lowest BCUT2D eigenvalue weighted by molar-refractivity contribution is -0.00948. The lowest BCUT2D eigenvalue weighted by atomic mass is 10.2. The molecule has 2 atom stereocenters. The van der Waals surface area contributed by atoms with E-state index in [0.717, 1.165) is 32.5 Å². The van der Waals surface area contributed by atoms with Crippen LogP contribution in [0, 0.1) is 0 Å². The molecule has 0 amide bonds. The van der Waals surface area contributed by atoms with Crippen LogP contribution >= 0.6 is 0 Å². The normalized spacial score (nSPS) is 34.4. The summed E-state index contributed by atoms with van der Waals surface area (Å²) in [4.78, 5) is 0. The van der Waals surface area contributed by atoms with Crippen LogP contribution in [0.5, 0.6) is 0 Å². The van der Waals surface area contributed by atoms with Gasteiger partial charge in [0.15, 0.2) is 9.84 Å². The number of nitrogens with one attached hydrogen (secondary N) is 1. The van der Waals surface area contributed by atoms with Crippen molar-refractivity contribution in [3.8, 4) is 0 Å². The highest BCUT2D eigenvalue weighted by Gasteiger charge is 2.36. The quantitative estimate of drug-likeness (QED) is 0.722. The molecule has 1 aliphatic heterocycles. The van der Waals surface area contributed by atoms with Gasteiger partial charge in [0.2, 0.25) is 0 Å². The van der Waals surface area contributed by atoms with Crippen LogP contribution in [0.1, 0.15) is 19.3 Å². The molecule has 0 aromatic heterocycles. The fourth-order valence-electron chi connectivity index (χ4n) is 2.26. The van der Waals surface area contributed by atoms with Gasteiger partial charge in [-0.15, -0.1) is 0 Å². The van der Waals surface area contributed by atoms with Crippen LogP contribution in [0.4, 0.5) is 0 Å². The first-order valence-corrected chi connectivity index (χ1v) is 7.05. The Morgan fingerprint density at radius 2 is 2.00 bits per heavy atom. The number of hydrogen-bond donors (Lipinski definition) is 1. The Bertz CT molecular complexity index is 297. The molecule has 1 N–H and O–H groups in total. The van der Waals surface area contributed by atoms with Gasteiger partial charge in [-0.2, -0.15) is 0 Å². The summed E-state index contributed by atoms with van der Waals surface area (Å²) in [5.74, 6) is 0. The van der Waals surface area contributed by atoms with E-state index in [9.17, 15) is 8.42 Å². The Morgan fingerprint density at radius 3 is 2.50 bits per heavy atom. The second kappa shape index (κ2) is 3.79. The van der Waals surface area contributed by atoms with Gasteiger partial charge in [0.05, 0.1) is 24.5 Å². The van der Waals surface area contributed by atoms with Crippen molar-refractivity contribution >= 4 is 9.84 Å². The molecule has 2 rings (SSSR count). The minimum atomic E-state index is -2.88. The van der Waals surface area contributed by atoms with E-state index in [1.54, 1.807) is 0 Å². The number of ether oxygens (including phenoxy) is 1. The van der Waals surface area contributed by atoms with Crippen LogP contribution in [0.3, 0.4) is 0 Å². The van der Waals surface area contributed by atoms with E-state index < -0.39 is 9.84 Å². The molecule has 4 nitrogen and oxygen atoms in total. The van der Waals surface area contributed by atoms with Crippen LogP contribution in [0.2, 0.25) is 0 Å². The van der Waals surface area contributed by atoms with Crippen molar-refractivity contribution in [1.82, 2.24) is 5.32 Å². The van der Waals surface area contributed by atoms with Crippen LogP contribution in [-0.4, -0.2) is 45.2 Å². The smallest absolute Gasteiger partial charge is 0.151 e. The summed E-state index contributed by atoms with van der Waals surface area (Å²) >= 11 is 0. The van der Waals surface area contributed by atoms with E-state index in [4.69, 9.17) is 4.74 Å². The summed E-state index contributed by atoms with van der Waals surface area (Å²) in [6.07, 6.45) is 4.15. The maximum Gasteiger partial charge on any atom is 0.151 e. The molecule has 5 heteroatoms. The Labute approximate surface area is 84.9 Å². The van der Waals surface area contributed by atoms with Crippen molar-refractivity contribution in [3.05, 3.63) is 0 Å². The molecule has 0 radical (unpaired) electrons. The van der Waals surface area contributed by atoms with Crippen LogP contribution in [0.25, 0.3) is 0 Å². The number of hydrogen-bond acceptors (Lipinski definition) is 4. The molecule has 2 unspecified atom stereocenters. The Morgan fingerprint density at radius 1 is 1.29 bits per heavy atom. The van der Waals surface area contributed by atoms with Gasteiger partial charge in [-0.3, -0.25) is 0 Å². The molecule has 2 fully saturated rings. The van der Waals surface area contributed by atoms with E-state index >= 15 is 0 Å². The SMILES string of the molecule is CS(=O)(=O)C1CCCC1NC1COC1. The standard InChI is InChI=1S/C9H17NO3S/c1-14(11,12)9-4-2-3-8(9)10-7-5-13-6-7/h7-10H,2-6H2,1H3. The molecule has 1 saturated heterocycles. The summed E-state index contributed by atoms with van der Waals surface area (Å²) in [7, 11) is -2.88. The van der Waals surface area contributed by atoms with Gasteiger partial charge < -0.3 is 10.1 Å². The maximum atomic E-state index is 11.5. The molecule has 14 heavy (non-hydrogen) atoms. The average molecular weight is 219 g/mol. The molecule has 0 spiro atoms. The van der Waals surface area contributed by atoms with E-state index in [1.807, 2.05) is 0 Å². The zero-order valence-corrected chi connectivity index (χ0v) is 9.22. The van der Waals surface area contributed by atoms with Crippen molar-refractivity contribution in [1.29, 1.82) is 0 Å². The fraction of sp³-hybridized carbons (Fsp3) is 1.00. The van der Waals surface area contributed by atoms with Crippen LogP contribution in [0.15, 0.2) is 0 Å². The van der Waals surface area contributed by atoms with E-state index in [-0.39, 0.29) is 11.3 Å². The minimum Gasteiger partial charge on any atom is -0.378 e. The highest BCUT2D eigenvalue weighted by Crippen LogP contribution is 2.25. The maximum absolute atomic E-state index is 11.5. The van der Waals surface area contributed by atoms with Crippen molar-refractivity contribution in [3.63, 3.8) is 0 Å². The summed E-state index contributed by atoms with van der Waals surface area (Å²) in [5.41, 5.74) is 0. The van der Waals surface area contributed by atoms with Crippen molar-refractivity contribution in [2.24, 2.45) is 0 Å². The summed E-state index contributed by atoms with van der Waals surface area (Å²) < 4.78 is 28.0. The average Bonchev–Trinajstić information content (AvgIpc) is 2.42. The number of rotatable bonds is 3. The summed E-state index contributed by atoms with van der Waals surface area (Å²) in [5, 5.41) is 3.19. The second-order valence-corrected chi connectivity index (χ2v) is 6.57. The van der Waals surface area contributed by atoms with Gasteiger partial charge in [-0.25, -0.2) is 8.42 Å². The molecular weight excluding hydrogens is 202 g/mol. The van der Waals surface area contributed by atoms with Crippen molar-refractivity contribution in [2.75, 3.05) is 19.5 Å². The highest BCUT2D eigenvalue weighted by atomic mass is 32.2. The first kappa shape index (κ1) is 10.4. The largest absolute Gasteiger partial charge is 0.378 e. The van der Waals surface area contributed by atoms with E-state index in [1.165, 1.54) is 6.26 Å². The first-order valence-electron chi connectivity index (χ1n) is 5.10. The topological polar surface area (TPSA) is 55.4 Å². The Kier molecular flexibility index (Phi) is 2.81. The third-order valence-corrected chi connectivity index (χ3v) is 4.75. The van der Waals surface area contributed by atoms with Crippen molar-refractivity contribution < 1.29 is 13.2 Å². The molecule has 1 saturated carbocycles. The van der Waals surface area contributed by atoms with Gasteiger partial charge in [-0.05, 0) is 12.8 Å². The molecule has 1 aliphatic carbocycles.